The van der Waals surface area contributed by atoms with Crippen LogP contribution in [0.4, 0.5) is 0 Å². The van der Waals surface area contributed by atoms with Crippen LogP contribution in [0.25, 0.3) is 0 Å². The predicted molar refractivity (Wildman–Crippen MR) is 106 cm³/mol. The van der Waals surface area contributed by atoms with Crippen LogP contribution in [0.15, 0.2) is 0 Å². The largest absolute Gasteiger partial charge is 0.379 e. The Morgan fingerprint density at radius 2 is 1.07 bits per heavy atom. The molecule has 0 atom stereocenters. The minimum atomic E-state index is 0.142. The number of hydrogen-bond acceptors (Lipinski definition) is 7. The summed E-state index contributed by atoms with van der Waals surface area (Å²) in [7, 11) is 0. The highest BCUT2D eigenvalue weighted by atomic mass is 16.6. The van der Waals surface area contributed by atoms with Crippen LogP contribution >= 0.6 is 0 Å². The van der Waals surface area contributed by atoms with Gasteiger partial charge in [0.25, 0.3) is 0 Å². The molecule has 1 N–H and O–H groups in total. The van der Waals surface area contributed by atoms with E-state index in [4.69, 9.17) is 23.7 Å². The van der Waals surface area contributed by atoms with Crippen molar-refractivity contribution < 1.29 is 28.5 Å². The molecule has 0 amide bonds. The third kappa shape index (κ3) is 25.4. The summed E-state index contributed by atoms with van der Waals surface area (Å²) >= 11 is 0. The second-order valence-corrected chi connectivity index (χ2v) is 6.32. The molecule has 0 aromatic heterocycles. The highest BCUT2D eigenvalue weighted by Gasteiger charge is 1.95. The Morgan fingerprint density at radius 3 is 1.56 bits per heavy atom. The zero-order chi connectivity index (χ0) is 19.8. The smallest absolute Gasteiger partial charge is 0.132 e. The number of carbonyl (C=O) groups excluding carboxylic acids is 1. The minimum absolute atomic E-state index is 0.142. The fraction of sp³-hybridized carbons (Fsp3) is 0.950. The van der Waals surface area contributed by atoms with E-state index < -0.39 is 0 Å². The van der Waals surface area contributed by atoms with Crippen molar-refractivity contribution in [1.29, 1.82) is 0 Å². The molecule has 27 heavy (non-hydrogen) atoms. The first kappa shape index (κ1) is 26.4. The van der Waals surface area contributed by atoms with Crippen molar-refractivity contribution >= 4 is 5.78 Å². The van der Waals surface area contributed by atoms with Gasteiger partial charge in [-0.25, -0.2) is 0 Å². The van der Waals surface area contributed by atoms with E-state index in [1.165, 1.54) is 19.3 Å². The Bertz CT molecular complexity index is 304. The number of Topliss-reactive ketones (excluding diaryl/α,β-unsaturated/α-hetero) is 1. The molecule has 0 spiro atoms. The Morgan fingerprint density at radius 1 is 0.630 bits per heavy atom. The van der Waals surface area contributed by atoms with E-state index in [-0.39, 0.29) is 5.78 Å². The number of unbranched alkanes of at least 4 members (excludes halogenated alkanes) is 2. The van der Waals surface area contributed by atoms with E-state index in [0.29, 0.717) is 65.9 Å². The van der Waals surface area contributed by atoms with Crippen molar-refractivity contribution in [2.45, 2.75) is 46.0 Å². The van der Waals surface area contributed by atoms with Crippen molar-refractivity contribution in [2.75, 3.05) is 79.2 Å². The van der Waals surface area contributed by atoms with Gasteiger partial charge in [-0.1, -0.05) is 19.8 Å². The van der Waals surface area contributed by atoms with E-state index in [1.54, 1.807) is 6.92 Å². The van der Waals surface area contributed by atoms with Crippen LogP contribution in [0.5, 0.6) is 0 Å². The molecule has 0 aromatic carbocycles. The van der Waals surface area contributed by atoms with Gasteiger partial charge in [0, 0.05) is 13.0 Å². The quantitative estimate of drug-likeness (QED) is 0.268. The first-order valence-electron chi connectivity index (χ1n) is 10.4. The first-order chi connectivity index (χ1) is 13.3. The molecule has 0 fully saturated rings. The summed E-state index contributed by atoms with van der Waals surface area (Å²) in [6.07, 6.45) is 5.33. The van der Waals surface area contributed by atoms with Crippen molar-refractivity contribution in [1.82, 2.24) is 5.32 Å². The van der Waals surface area contributed by atoms with Crippen LogP contribution in [0.2, 0.25) is 0 Å². The fourth-order valence-electron chi connectivity index (χ4n) is 2.12. The van der Waals surface area contributed by atoms with Crippen LogP contribution in [-0.2, 0) is 28.5 Å². The lowest BCUT2D eigenvalue weighted by Gasteiger charge is -2.08. The summed E-state index contributed by atoms with van der Waals surface area (Å²) in [4.78, 5) is 10.7. The van der Waals surface area contributed by atoms with Gasteiger partial charge in [-0.15, -0.1) is 0 Å². The molecule has 0 unspecified atom stereocenters. The Balaban J connectivity index is 2.98. The molecular weight excluding hydrogens is 350 g/mol. The van der Waals surface area contributed by atoms with E-state index in [9.17, 15) is 4.79 Å². The summed E-state index contributed by atoms with van der Waals surface area (Å²) in [6.45, 7) is 11.6. The maximum absolute atomic E-state index is 10.7. The topological polar surface area (TPSA) is 75.2 Å². The SMILES string of the molecule is CCCCCNCCCOCCOCCOCCOCCOCCC(C)=O. The summed E-state index contributed by atoms with van der Waals surface area (Å²) in [5.41, 5.74) is 0. The molecule has 0 saturated heterocycles. The molecule has 162 valence electrons. The second kappa shape index (κ2) is 23.5. The van der Waals surface area contributed by atoms with Gasteiger partial charge in [-0.2, -0.15) is 0 Å². The highest BCUT2D eigenvalue weighted by Crippen LogP contribution is 1.91. The summed E-state index contributed by atoms with van der Waals surface area (Å²) in [5.74, 6) is 0.142. The van der Waals surface area contributed by atoms with E-state index in [1.807, 2.05) is 0 Å². The standard InChI is InChI=1S/C20H41NO6/c1-3-4-5-8-21-9-6-10-23-12-14-25-16-18-27-19-17-26-15-13-24-11-7-20(2)22/h21H,3-19H2,1-2H3. The zero-order valence-corrected chi connectivity index (χ0v) is 17.5. The van der Waals surface area contributed by atoms with Crippen LogP contribution in [0.1, 0.15) is 46.0 Å². The lowest BCUT2D eigenvalue weighted by molar-refractivity contribution is -0.118. The van der Waals surface area contributed by atoms with E-state index in [0.717, 1.165) is 26.1 Å². The number of ketones is 1. The van der Waals surface area contributed by atoms with Crippen molar-refractivity contribution in [3.63, 3.8) is 0 Å². The molecule has 0 aliphatic carbocycles. The number of hydrogen-bond donors (Lipinski definition) is 1. The molecule has 0 saturated carbocycles. The van der Waals surface area contributed by atoms with Crippen LogP contribution in [0, 0.1) is 0 Å². The molecule has 7 heteroatoms. The van der Waals surface area contributed by atoms with Gasteiger partial charge < -0.3 is 29.0 Å². The lowest BCUT2D eigenvalue weighted by atomic mass is 10.2. The van der Waals surface area contributed by atoms with Crippen molar-refractivity contribution in [2.24, 2.45) is 0 Å². The zero-order valence-electron chi connectivity index (χ0n) is 17.5. The summed E-state index contributed by atoms with van der Waals surface area (Å²) in [6, 6.07) is 0. The van der Waals surface area contributed by atoms with Gasteiger partial charge >= 0.3 is 0 Å². The molecule has 0 aromatic rings. The monoisotopic (exact) mass is 391 g/mol. The molecule has 0 rings (SSSR count). The van der Waals surface area contributed by atoms with Gasteiger partial charge in [-0.3, -0.25) is 4.79 Å². The van der Waals surface area contributed by atoms with Gasteiger partial charge in [0.15, 0.2) is 0 Å². The van der Waals surface area contributed by atoms with Crippen LogP contribution in [-0.4, -0.2) is 84.9 Å². The minimum Gasteiger partial charge on any atom is -0.379 e. The summed E-state index contributed by atoms with van der Waals surface area (Å²) < 4.78 is 27.0. The van der Waals surface area contributed by atoms with Crippen molar-refractivity contribution in [3.05, 3.63) is 0 Å². The Labute approximate surface area is 165 Å². The molecule has 0 aliphatic rings. The first-order valence-corrected chi connectivity index (χ1v) is 10.4. The van der Waals surface area contributed by atoms with Gasteiger partial charge in [-0.05, 0) is 32.9 Å². The average Bonchev–Trinajstić information content (AvgIpc) is 2.65. The Hall–Kier alpha value is -0.570. The maximum atomic E-state index is 10.7. The van der Waals surface area contributed by atoms with Gasteiger partial charge in [0.1, 0.15) is 5.78 Å². The molecule has 0 heterocycles. The molecular formula is C20H41NO6. The molecule has 7 nitrogen and oxygen atoms in total. The normalized spacial score (nSPS) is 11.2. The van der Waals surface area contributed by atoms with Gasteiger partial charge in [0.2, 0.25) is 0 Å². The van der Waals surface area contributed by atoms with E-state index >= 15 is 0 Å². The van der Waals surface area contributed by atoms with E-state index in [2.05, 4.69) is 12.2 Å². The summed E-state index contributed by atoms with van der Waals surface area (Å²) in [5, 5.41) is 3.42. The lowest BCUT2D eigenvalue weighted by Crippen LogP contribution is -2.18. The van der Waals surface area contributed by atoms with Crippen LogP contribution < -0.4 is 5.32 Å². The third-order valence-corrected chi connectivity index (χ3v) is 3.69. The molecule has 0 aliphatic heterocycles. The fourth-order valence-corrected chi connectivity index (χ4v) is 2.12. The number of nitrogens with one attached hydrogen (secondary N) is 1. The average molecular weight is 392 g/mol. The number of ether oxygens (including phenoxy) is 5. The third-order valence-electron chi connectivity index (χ3n) is 3.69. The van der Waals surface area contributed by atoms with Crippen molar-refractivity contribution in [3.8, 4) is 0 Å². The maximum Gasteiger partial charge on any atom is 0.132 e. The second-order valence-electron chi connectivity index (χ2n) is 6.32. The number of rotatable bonds is 23. The molecule has 0 bridgehead atoms. The number of carbonyl (C=O) groups is 1. The Kier molecular flexibility index (Phi) is 23.0. The van der Waals surface area contributed by atoms with Crippen LogP contribution in [0.3, 0.4) is 0 Å². The van der Waals surface area contributed by atoms with Gasteiger partial charge in [0.05, 0.1) is 59.5 Å². The highest BCUT2D eigenvalue weighted by molar-refractivity contribution is 5.75. The molecule has 0 radical (unpaired) electrons. The predicted octanol–water partition coefficient (Wildman–Crippen LogP) is 2.22.